The van der Waals surface area contributed by atoms with Crippen molar-refractivity contribution in [1.29, 1.82) is 5.26 Å². The summed E-state index contributed by atoms with van der Waals surface area (Å²) in [5.41, 5.74) is 9.31. The van der Waals surface area contributed by atoms with Crippen molar-refractivity contribution < 1.29 is 4.74 Å². The first-order chi connectivity index (χ1) is 10.1. The molecule has 0 saturated heterocycles. The number of anilines is 2. The summed E-state index contributed by atoms with van der Waals surface area (Å²) in [6, 6.07) is 15.5. The van der Waals surface area contributed by atoms with Gasteiger partial charge in [-0.05, 0) is 36.8 Å². The van der Waals surface area contributed by atoms with Crippen molar-refractivity contribution in [3.05, 3.63) is 53.6 Å². The van der Waals surface area contributed by atoms with E-state index in [2.05, 4.69) is 11.0 Å². The van der Waals surface area contributed by atoms with Gasteiger partial charge in [-0.2, -0.15) is 5.26 Å². The molecule has 21 heavy (non-hydrogen) atoms. The van der Waals surface area contributed by atoms with Crippen molar-refractivity contribution in [2.24, 2.45) is 0 Å². The minimum absolute atomic E-state index is 0.585. The van der Waals surface area contributed by atoms with E-state index in [9.17, 15) is 0 Å². The highest BCUT2D eigenvalue weighted by molar-refractivity contribution is 5.62. The number of hydrogen-bond acceptors (Lipinski definition) is 4. The molecule has 0 amide bonds. The highest BCUT2D eigenvalue weighted by Crippen LogP contribution is 2.28. The molecule has 0 aliphatic heterocycles. The fourth-order valence-corrected chi connectivity index (χ4v) is 2.15. The van der Waals surface area contributed by atoms with Gasteiger partial charge in [0.25, 0.3) is 0 Å². The molecule has 0 aromatic heterocycles. The lowest BCUT2D eigenvalue weighted by Crippen LogP contribution is -2.16. The predicted octanol–water partition coefficient (Wildman–Crippen LogP) is 3.18. The van der Waals surface area contributed by atoms with E-state index in [1.807, 2.05) is 50.4 Å². The van der Waals surface area contributed by atoms with Crippen molar-refractivity contribution in [2.75, 3.05) is 24.3 Å². The van der Waals surface area contributed by atoms with Crippen molar-refractivity contribution in [2.45, 2.75) is 13.5 Å². The minimum atomic E-state index is 0.585. The summed E-state index contributed by atoms with van der Waals surface area (Å²) in [4.78, 5) is 2.10. The van der Waals surface area contributed by atoms with Crippen LogP contribution in [0.5, 0.6) is 5.75 Å². The van der Waals surface area contributed by atoms with E-state index in [-0.39, 0.29) is 0 Å². The van der Waals surface area contributed by atoms with Crippen LogP contribution in [0, 0.1) is 11.3 Å². The van der Waals surface area contributed by atoms with E-state index >= 15 is 0 Å². The Kier molecular flexibility index (Phi) is 4.68. The fraction of sp³-hybridized carbons (Fsp3) is 0.235. The molecule has 4 nitrogen and oxygen atoms in total. The van der Waals surface area contributed by atoms with E-state index in [4.69, 9.17) is 15.7 Å². The van der Waals surface area contributed by atoms with Crippen molar-refractivity contribution >= 4 is 11.4 Å². The maximum atomic E-state index is 8.95. The lowest BCUT2D eigenvalue weighted by Gasteiger charge is -2.21. The van der Waals surface area contributed by atoms with Crippen LogP contribution >= 0.6 is 0 Å². The Hall–Kier alpha value is -2.67. The number of nitrogens with two attached hydrogens (primary N) is 1. The summed E-state index contributed by atoms with van der Waals surface area (Å²) in [6.45, 7) is 3.23. The molecule has 2 aromatic rings. The SMILES string of the molecule is CCOc1cc(N(C)Cc2cccc(C#N)c2)ccc1N. The molecule has 0 heterocycles. The van der Waals surface area contributed by atoms with Gasteiger partial charge in [0.15, 0.2) is 0 Å². The molecule has 2 N–H and O–H groups in total. The quantitative estimate of drug-likeness (QED) is 0.855. The summed E-state index contributed by atoms with van der Waals surface area (Å²) in [5.74, 6) is 0.702. The number of rotatable bonds is 5. The molecule has 108 valence electrons. The van der Waals surface area contributed by atoms with Gasteiger partial charge in [-0.3, -0.25) is 0 Å². The molecule has 0 saturated carbocycles. The van der Waals surface area contributed by atoms with Crippen LogP contribution in [0.15, 0.2) is 42.5 Å². The maximum Gasteiger partial charge on any atom is 0.144 e. The highest BCUT2D eigenvalue weighted by Gasteiger charge is 2.07. The number of nitrogens with zero attached hydrogens (tertiary/aromatic N) is 2. The van der Waals surface area contributed by atoms with Crippen LogP contribution in [-0.2, 0) is 6.54 Å². The van der Waals surface area contributed by atoms with Crippen LogP contribution < -0.4 is 15.4 Å². The molecular weight excluding hydrogens is 262 g/mol. The van der Waals surface area contributed by atoms with Gasteiger partial charge in [0.05, 0.1) is 23.9 Å². The summed E-state index contributed by atoms with van der Waals surface area (Å²) in [6.07, 6.45) is 0. The molecule has 2 aromatic carbocycles. The van der Waals surface area contributed by atoms with Gasteiger partial charge in [0, 0.05) is 25.3 Å². The normalized spacial score (nSPS) is 9.95. The molecule has 0 radical (unpaired) electrons. The highest BCUT2D eigenvalue weighted by atomic mass is 16.5. The largest absolute Gasteiger partial charge is 0.492 e. The van der Waals surface area contributed by atoms with E-state index in [0.29, 0.717) is 30.2 Å². The summed E-state index contributed by atoms with van der Waals surface area (Å²) in [7, 11) is 2.00. The lowest BCUT2D eigenvalue weighted by molar-refractivity contribution is 0.342. The third-order valence-electron chi connectivity index (χ3n) is 3.21. The van der Waals surface area contributed by atoms with Crippen LogP contribution in [0.4, 0.5) is 11.4 Å². The number of nitriles is 1. The second kappa shape index (κ2) is 6.67. The topological polar surface area (TPSA) is 62.3 Å². The summed E-state index contributed by atoms with van der Waals surface area (Å²) >= 11 is 0. The van der Waals surface area contributed by atoms with Crippen LogP contribution in [0.2, 0.25) is 0 Å². The smallest absolute Gasteiger partial charge is 0.144 e. The Morgan fingerprint density at radius 2 is 2.05 bits per heavy atom. The molecule has 2 rings (SSSR count). The average Bonchev–Trinajstić information content (AvgIpc) is 2.50. The zero-order valence-electron chi connectivity index (χ0n) is 12.3. The van der Waals surface area contributed by atoms with Crippen LogP contribution in [0.3, 0.4) is 0 Å². The van der Waals surface area contributed by atoms with Gasteiger partial charge < -0.3 is 15.4 Å². The third-order valence-corrected chi connectivity index (χ3v) is 3.21. The molecule has 0 atom stereocenters. The number of ether oxygens (including phenoxy) is 1. The molecule has 4 heteroatoms. The molecule has 0 aliphatic rings. The minimum Gasteiger partial charge on any atom is -0.492 e. The second-order valence-electron chi connectivity index (χ2n) is 4.82. The zero-order chi connectivity index (χ0) is 15.2. The van der Waals surface area contributed by atoms with E-state index < -0.39 is 0 Å². The fourth-order valence-electron chi connectivity index (χ4n) is 2.15. The van der Waals surface area contributed by atoms with Crippen LogP contribution in [0.25, 0.3) is 0 Å². The van der Waals surface area contributed by atoms with Crippen molar-refractivity contribution in [3.8, 4) is 11.8 Å². The Morgan fingerprint density at radius 1 is 1.24 bits per heavy atom. The van der Waals surface area contributed by atoms with Gasteiger partial charge in [-0.25, -0.2) is 0 Å². The van der Waals surface area contributed by atoms with Gasteiger partial charge in [-0.1, -0.05) is 12.1 Å². The Bertz CT molecular complexity index is 661. The zero-order valence-corrected chi connectivity index (χ0v) is 12.3. The Labute approximate surface area is 125 Å². The molecule has 0 fully saturated rings. The molecular formula is C17H19N3O. The van der Waals surface area contributed by atoms with Gasteiger partial charge in [-0.15, -0.1) is 0 Å². The lowest BCUT2D eigenvalue weighted by atomic mass is 10.1. The van der Waals surface area contributed by atoms with E-state index in [0.717, 1.165) is 11.3 Å². The number of hydrogen-bond donors (Lipinski definition) is 1. The van der Waals surface area contributed by atoms with Gasteiger partial charge >= 0.3 is 0 Å². The monoisotopic (exact) mass is 281 g/mol. The third kappa shape index (κ3) is 3.67. The van der Waals surface area contributed by atoms with Gasteiger partial charge in [0.2, 0.25) is 0 Å². The first-order valence-corrected chi connectivity index (χ1v) is 6.86. The molecule has 0 unspecified atom stereocenters. The second-order valence-corrected chi connectivity index (χ2v) is 4.82. The van der Waals surface area contributed by atoms with Crippen molar-refractivity contribution in [1.82, 2.24) is 0 Å². The number of nitrogen functional groups attached to an aromatic ring is 1. The maximum absolute atomic E-state index is 8.95. The predicted molar refractivity (Wildman–Crippen MR) is 85.3 cm³/mol. The van der Waals surface area contributed by atoms with Crippen LogP contribution in [-0.4, -0.2) is 13.7 Å². The summed E-state index contributed by atoms with van der Waals surface area (Å²) < 4.78 is 5.52. The molecule has 0 aliphatic carbocycles. The van der Waals surface area contributed by atoms with E-state index in [1.165, 1.54) is 0 Å². The average molecular weight is 281 g/mol. The molecule has 0 bridgehead atoms. The van der Waals surface area contributed by atoms with E-state index in [1.54, 1.807) is 6.07 Å². The standard InChI is InChI=1S/C17H19N3O/c1-3-21-17-10-15(7-8-16(17)19)20(2)12-14-6-4-5-13(9-14)11-18/h4-10H,3,12,19H2,1-2H3. The summed E-state index contributed by atoms with van der Waals surface area (Å²) in [5, 5.41) is 8.95. The first kappa shape index (κ1) is 14.7. The van der Waals surface area contributed by atoms with Gasteiger partial charge in [0.1, 0.15) is 5.75 Å². The Morgan fingerprint density at radius 3 is 2.76 bits per heavy atom. The van der Waals surface area contributed by atoms with Crippen LogP contribution in [0.1, 0.15) is 18.1 Å². The first-order valence-electron chi connectivity index (χ1n) is 6.86. The molecule has 0 spiro atoms. The Balaban J connectivity index is 2.18. The van der Waals surface area contributed by atoms with Crippen molar-refractivity contribution in [3.63, 3.8) is 0 Å². The number of benzene rings is 2.